The Morgan fingerprint density at radius 1 is 1.26 bits per heavy atom. The standard InChI is InChI=1S/C20H23IN2O3S/c1-14-8-9-15(12-18(14)21)19(25)22-20(27)23(10-3-4-11-24)16-6-5-7-17(13-16)26-2/h5-9,12-13,24H,3-4,10-11H2,1-2H3,(H,22,25,27). The number of hydrogen-bond acceptors (Lipinski definition) is 4. The lowest BCUT2D eigenvalue weighted by Gasteiger charge is -2.26. The van der Waals surface area contributed by atoms with Crippen LogP contribution in [0.5, 0.6) is 5.75 Å². The summed E-state index contributed by atoms with van der Waals surface area (Å²) in [5.41, 5.74) is 2.51. The van der Waals surface area contributed by atoms with E-state index in [2.05, 4.69) is 27.9 Å². The summed E-state index contributed by atoms with van der Waals surface area (Å²) in [6.07, 6.45) is 1.40. The van der Waals surface area contributed by atoms with Gasteiger partial charge < -0.3 is 14.7 Å². The number of aryl methyl sites for hydroxylation is 1. The number of halogens is 1. The predicted molar refractivity (Wildman–Crippen MR) is 121 cm³/mol. The fourth-order valence-electron chi connectivity index (χ4n) is 2.48. The molecule has 27 heavy (non-hydrogen) atoms. The van der Waals surface area contributed by atoms with Gasteiger partial charge in [0.1, 0.15) is 5.75 Å². The summed E-state index contributed by atoms with van der Waals surface area (Å²) in [7, 11) is 1.61. The Bertz CT molecular complexity index is 814. The van der Waals surface area contributed by atoms with Gasteiger partial charge >= 0.3 is 0 Å². The molecule has 0 aromatic heterocycles. The van der Waals surface area contributed by atoms with E-state index in [1.807, 2.05) is 48.2 Å². The normalized spacial score (nSPS) is 10.4. The Morgan fingerprint density at radius 3 is 2.70 bits per heavy atom. The smallest absolute Gasteiger partial charge is 0.257 e. The molecule has 0 aliphatic rings. The third kappa shape index (κ3) is 6.15. The minimum atomic E-state index is -0.243. The second kappa shape index (κ2) is 10.6. The largest absolute Gasteiger partial charge is 0.497 e. The first-order chi connectivity index (χ1) is 13.0. The van der Waals surface area contributed by atoms with Crippen LogP contribution in [-0.2, 0) is 0 Å². The third-order valence-corrected chi connectivity index (χ3v) is 5.54. The molecule has 0 heterocycles. The number of nitrogens with one attached hydrogen (secondary N) is 1. The van der Waals surface area contributed by atoms with Gasteiger partial charge in [-0.25, -0.2) is 0 Å². The van der Waals surface area contributed by atoms with Gasteiger partial charge in [0, 0.05) is 34.0 Å². The van der Waals surface area contributed by atoms with E-state index < -0.39 is 0 Å². The molecule has 0 unspecified atom stereocenters. The molecule has 0 fully saturated rings. The van der Waals surface area contributed by atoms with Gasteiger partial charge in [0.2, 0.25) is 0 Å². The highest BCUT2D eigenvalue weighted by atomic mass is 127. The molecule has 2 rings (SSSR count). The van der Waals surface area contributed by atoms with Crippen molar-refractivity contribution in [1.29, 1.82) is 0 Å². The van der Waals surface area contributed by atoms with E-state index >= 15 is 0 Å². The van der Waals surface area contributed by atoms with Crippen molar-refractivity contribution in [3.05, 3.63) is 57.2 Å². The summed E-state index contributed by atoms with van der Waals surface area (Å²) in [5, 5.41) is 12.2. The summed E-state index contributed by atoms with van der Waals surface area (Å²) >= 11 is 7.72. The third-order valence-electron chi connectivity index (χ3n) is 4.05. The lowest BCUT2D eigenvalue weighted by atomic mass is 10.1. The van der Waals surface area contributed by atoms with Crippen LogP contribution in [0.4, 0.5) is 5.69 Å². The lowest BCUT2D eigenvalue weighted by molar-refractivity contribution is 0.0977. The van der Waals surface area contributed by atoms with Crippen LogP contribution < -0.4 is 15.0 Å². The van der Waals surface area contributed by atoms with Gasteiger partial charge in [0.15, 0.2) is 5.11 Å². The van der Waals surface area contributed by atoms with Crippen molar-refractivity contribution in [3.8, 4) is 5.75 Å². The number of carbonyl (C=O) groups is 1. The Hall–Kier alpha value is -1.71. The van der Waals surface area contributed by atoms with Crippen LogP contribution in [0.15, 0.2) is 42.5 Å². The van der Waals surface area contributed by atoms with Gasteiger partial charge in [-0.15, -0.1) is 0 Å². The number of anilines is 1. The molecule has 7 heteroatoms. The van der Waals surface area contributed by atoms with E-state index in [4.69, 9.17) is 22.1 Å². The SMILES string of the molecule is COc1cccc(N(CCCCO)C(=S)NC(=O)c2ccc(C)c(I)c2)c1. The van der Waals surface area contributed by atoms with Crippen molar-refractivity contribution >= 4 is 51.5 Å². The monoisotopic (exact) mass is 498 g/mol. The molecular weight excluding hydrogens is 475 g/mol. The molecule has 0 aliphatic heterocycles. The minimum absolute atomic E-state index is 0.118. The van der Waals surface area contributed by atoms with Crippen LogP contribution in [0.1, 0.15) is 28.8 Å². The summed E-state index contributed by atoms with van der Waals surface area (Å²) in [6, 6.07) is 13.1. The van der Waals surface area contributed by atoms with Crippen molar-refractivity contribution in [2.24, 2.45) is 0 Å². The molecule has 1 amide bonds. The second-order valence-corrected chi connectivity index (χ2v) is 7.56. The highest BCUT2D eigenvalue weighted by Gasteiger charge is 2.16. The number of unbranched alkanes of at least 4 members (excludes halogenated alkanes) is 1. The summed E-state index contributed by atoms with van der Waals surface area (Å²) in [4.78, 5) is 14.5. The first-order valence-electron chi connectivity index (χ1n) is 8.60. The zero-order valence-corrected chi connectivity index (χ0v) is 18.3. The quantitative estimate of drug-likeness (QED) is 0.345. The van der Waals surface area contributed by atoms with Gasteiger partial charge in [-0.3, -0.25) is 10.1 Å². The Morgan fingerprint density at radius 2 is 2.04 bits per heavy atom. The van der Waals surface area contributed by atoms with E-state index in [0.717, 1.165) is 21.2 Å². The Kier molecular flexibility index (Phi) is 8.46. The highest BCUT2D eigenvalue weighted by molar-refractivity contribution is 14.1. The van der Waals surface area contributed by atoms with Crippen molar-refractivity contribution in [2.75, 3.05) is 25.2 Å². The van der Waals surface area contributed by atoms with Crippen LogP contribution in [0, 0.1) is 10.5 Å². The average Bonchev–Trinajstić information content (AvgIpc) is 2.67. The molecule has 2 N–H and O–H groups in total. The van der Waals surface area contributed by atoms with Crippen molar-refractivity contribution in [1.82, 2.24) is 5.32 Å². The maximum absolute atomic E-state index is 12.6. The number of nitrogens with zero attached hydrogens (tertiary/aromatic N) is 1. The number of aliphatic hydroxyl groups excluding tert-OH is 1. The van der Waals surface area contributed by atoms with Gasteiger partial charge in [0.05, 0.1) is 7.11 Å². The van der Waals surface area contributed by atoms with Gasteiger partial charge in [-0.1, -0.05) is 12.1 Å². The number of amides is 1. The average molecular weight is 498 g/mol. The van der Waals surface area contributed by atoms with Crippen LogP contribution in [0.2, 0.25) is 0 Å². The Labute approximate surface area is 178 Å². The van der Waals surface area contributed by atoms with Gasteiger partial charge in [-0.2, -0.15) is 0 Å². The number of benzene rings is 2. The molecule has 2 aromatic carbocycles. The molecule has 144 valence electrons. The lowest BCUT2D eigenvalue weighted by Crippen LogP contribution is -2.43. The van der Waals surface area contributed by atoms with Crippen LogP contribution >= 0.6 is 34.8 Å². The van der Waals surface area contributed by atoms with Crippen LogP contribution in [0.3, 0.4) is 0 Å². The van der Waals surface area contributed by atoms with Gasteiger partial charge in [0.25, 0.3) is 5.91 Å². The van der Waals surface area contributed by atoms with E-state index in [1.165, 1.54) is 0 Å². The number of ether oxygens (including phenoxy) is 1. The maximum Gasteiger partial charge on any atom is 0.257 e. The minimum Gasteiger partial charge on any atom is -0.497 e. The highest BCUT2D eigenvalue weighted by Crippen LogP contribution is 2.22. The van der Waals surface area contributed by atoms with Crippen molar-refractivity contribution in [2.45, 2.75) is 19.8 Å². The number of aliphatic hydroxyl groups is 1. The fraction of sp³-hybridized carbons (Fsp3) is 0.300. The molecule has 2 aromatic rings. The summed E-state index contributed by atoms with van der Waals surface area (Å²) in [6.45, 7) is 2.70. The number of hydrogen-bond donors (Lipinski definition) is 2. The molecule has 0 radical (unpaired) electrons. The first-order valence-corrected chi connectivity index (χ1v) is 10.1. The molecule has 0 bridgehead atoms. The second-order valence-electron chi connectivity index (χ2n) is 6.01. The van der Waals surface area contributed by atoms with Gasteiger partial charge in [-0.05, 0) is 84.4 Å². The Balaban J connectivity index is 2.19. The molecular formula is C20H23IN2O3S. The first kappa shape index (κ1) is 21.6. The zero-order valence-electron chi connectivity index (χ0n) is 15.4. The molecule has 0 saturated heterocycles. The molecule has 5 nitrogen and oxygen atoms in total. The van der Waals surface area contributed by atoms with Crippen LogP contribution in [-0.4, -0.2) is 36.4 Å². The topological polar surface area (TPSA) is 61.8 Å². The molecule has 0 atom stereocenters. The maximum atomic E-state index is 12.6. The number of thiocarbonyl (C=S) groups is 1. The predicted octanol–water partition coefficient (Wildman–Crippen LogP) is 3.90. The fourth-order valence-corrected chi connectivity index (χ4v) is 3.28. The summed E-state index contributed by atoms with van der Waals surface area (Å²) < 4.78 is 6.31. The van der Waals surface area contributed by atoms with E-state index in [0.29, 0.717) is 29.4 Å². The number of rotatable bonds is 7. The zero-order chi connectivity index (χ0) is 19.8. The van der Waals surface area contributed by atoms with Crippen LogP contribution in [0.25, 0.3) is 0 Å². The van der Waals surface area contributed by atoms with E-state index in [-0.39, 0.29) is 12.5 Å². The molecule has 0 spiro atoms. The summed E-state index contributed by atoms with van der Waals surface area (Å²) in [5.74, 6) is 0.467. The molecule has 0 saturated carbocycles. The van der Waals surface area contributed by atoms with Crippen molar-refractivity contribution in [3.63, 3.8) is 0 Å². The van der Waals surface area contributed by atoms with Crippen molar-refractivity contribution < 1.29 is 14.6 Å². The number of carbonyl (C=O) groups excluding carboxylic acids is 1. The number of methoxy groups -OCH3 is 1. The molecule has 0 aliphatic carbocycles. The van der Waals surface area contributed by atoms with E-state index in [1.54, 1.807) is 13.2 Å². The van der Waals surface area contributed by atoms with E-state index in [9.17, 15) is 4.79 Å².